The van der Waals surface area contributed by atoms with Gasteiger partial charge in [-0.3, -0.25) is 13.9 Å². The van der Waals surface area contributed by atoms with Crippen LogP contribution in [0.25, 0.3) is 0 Å². The number of hydrogen-bond acceptors (Lipinski definition) is 4. The third-order valence-electron chi connectivity index (χ3n) is 6.35. The molecule has 0 spiro atoms. The van der Waals surface area contributed by atoms with Crippen molar-refractivity contribution in [3.05, 3.63) is 100 Å². The summed E-state index contributed by atoms with van der Waals surface area (Å²) in [6.45, 7) is 2.78. The molecule has 0 heterocycles. The van der Waals surface area contributed by atoms with Gasteiger partial charge in [0.1, 0.15) is 6.04 Å². The van der Waals surface area contributed by atoms with E-state index in [9.17, 15) is 18.0 Å². The summed E-state index contributed by atoms with van der Waals surface area (Å²) < 4.78 is 26.3. The van der Waals surface area contributed by atoms with Gasteiger partial charge in [0, 0.05) is 42.5 Å². The molecule has 40 heavy (non-hydrogen) atoms. The van der Waals surface area contributed by atoms with E-state index in [1.54, 1.807) is 41.3 Å². The molecule has 0 radical (unpaired) electrons. The molecule has 3 aromatic rings. The molecule has 214 valence electrons. The maximum atomic E-state index is 13.8. The van der Waals surface area contributed by atoms with E-state index in [0.717, 1.165) is 23.8 Å². The Morgan fingerprint density at radius 2 is 1.48 bits per heavy atom. The van der Waals surface area contributed by atoms with E-state index >= 15 is 0 Å². The number of halogens is 2. The Bertz CT molecular complexity index is 1350. The molecule has 1 atom stereocenters. The number of carbonyl (C=O) groups excluding carboxylic acids is 2. The molecule has 0 saturated carbocycles. The van der Waals surface area contributed by atoms with Gasteiger partial charge in [-0.1, -0.05) is 72.6 Å². The SMILES string of the molecule is CCCNC(=O)[C@H](Cc1ccccc1)N(Cc1ccc(Cl)cc1)C(=O)CCCN(c1ccc(Cl)cc1)S(C)(=O)=O. The van der Waals surface area contributed by atoms with Gasteiger partial charge in [-0.15, -0.1) is 0 Å². The minimum Gasteiger partial charge on any atom is -0.354 e. The number of hydrogen-bond donors (Lipinski definition) is 1. The highest BCUT2D eigenvalue weighted by molar-refractivity contribution is 7.92. The second kappa shape index (κ2) is 15.1. The van der Waals surface area contributed by atoms with Crippen LogP contribution in [-0.2, 0) is 32.6 Å². The van der Waals surface area contributed by atoms with Crippen LogP contribution in [0.1, 0.15) is 37.3 Å². The summed E-state index contributed by atoms with van der Waals surface area (Å²) in [7, 11) is -3.59. The Hall–Kier alpha value is -3.07. The number of nitrogens with one attached hydrogen (secondary N) is 1. The zero-order valence-corrected chi connectivity index (χ0v) is 25.1. The zero-order chi connectivity index (χ0) is 29.1. The van der Waals surface area contributed by atoms with Crippen molar-refractivity contribution in [2.24, 2.45) is 0 Å². The lowest BCUT2D eigenvalue weighted by atomic mass is 10.0. The molecule has 1 N–H and O–H groups in total. The Labute approximate surface area is 247 Å². The van der Waals surface area contributed by atoms with Crippen molar-refractivity contribution >= 4 is 50.7 Å². The van der Waals surface area contributed by atoms with Gasteiger partial charge in [0.05, 0.1) is 11.9 Å². The number of amides is 2. The number of carbonyl (C=O) groups is 2. The molecular formula is C30H35Cl2N3O4S. The van der Waals surface area contributed by atoms with E-state index in [-0.39, 0.29) is 37.7 Å². The molecule has 0 aliphatic heterocycles. The van der Waals surface area contributed by atoms with Crippen molar-refractivity contribution in [3.63, 3.8) is 0 Å². The molecule has 3 aromatic carbocycles. The molecule has 0 aliphatic carbocycles. The first-order valence-corrected chi connectivity index (χ1v) is 15.8. The quantitative estimate of drug-likeness (QED) is 0.256. The smallest absolute Gasteiger partial charge is 0.243 e. The molecule has 0 aromatic heterocycles. The topological polar surface area (TPSA) is 86.8 Å². The van der Waals surface area contributed by atoms with Gasteiger partial charge in [0.15, 0.2) is 0 Å². The molecule has 0 unspecified atom stereocenters. The van der Waals surface area contributed by atoms with Crippen LogP contribution in [0.3, 0.4) is 0 Å². The Morgan fingerprint density at radius 1 is 0.875 bits per heavy atom. The standard InChI is InChI=1S/C30H35Cl2N3O4S/c1-3-19-33-30(37)28(21-23-8-5-4-6-9-23)34(22-24-11-13-25(31)14-12-24)29(36)10-7-20-35(40(2,38)39)27-17-15-26(32)16-18-27/h4-6,8-9,11-18,28H,3,7,10,19-22H2,1-2H3,(H,33,37)/t28-/m0/s1. The van der Waals surface area contributed by atoms with Gasteiger partial charge in [-0.05, 0) is 60.4 Å². The molecule has 10 heteroatoms. The number of rotatable bonds is 14. The highest BCUT2D eigenvalue weighted by atomic mass is 35.5. The largest absolute Gasteiger partial charge is 0.354 e. The van der Waals surface area contributed by atoms with Crippen LogP contribution in [0.15, 0.2) is 78.9 Å². The third-order valence-corrected chi connectivity index (χ3v) is 8.05. The Balaban J connectivity index is 1.85. The van der Waals surface area contributed by atoms with E-state index in [4.69, 9.17) is 23.2 Å². The maximum absolute atomic E-state index is 13.8. The maximum Gasteiger partial charge on any atom is 0.243 e. The summed E-state index contributed by atoms with van der Waals surface area (Å²) in [5, 5.41) is 4.02. The average molecular weight is 605 g/mol. The molecular weight excluding hydrogens is 569 g/mol. The van der Waals surface area contributed by atoms with E-state index in [1.165, 1.54) is 4.31 Å². The monoisotopic (exact) mass is 603 g/mol. The molecule has 7 nitrogen and oxygen atoms in total. The summed E-state index contributed by atoms with van der Waals surface area (Å²) in [4.78, 5) is 28.8. The highest BCUT2D eigenvalue weighted by Crippen LogP contribution is 2.22. The number of anilines is 1. The first-order chi connectivity index (χ1) is 19.1. The Kier molecular flexibility index (Phi) is 11.9. The van der Waals surface area contributed by atoms with Gasteiger partial charge in [-0.2, -0.15) is 0 Å². The molecule has 3 rings (SSSR count). The van der Waals surface area contributed by atoms with E-state index in [2.05, 4.69) is 5.32 Å². The van der Waals surface area contributed by atoms with Crippen molar-refractivity contribution in [2.45, 2.75) is 45.2 Å². The number of benzene rings is 3. The second-order valence-electron chi connectivity index (χ2n) is 9.56. The fraction of sp³-hybridized carbons (Fsp3) is 0.333. The van der Waals surface area contributed by atoms with Gasteiger partial charge >= 0.3 is 0 Å². The molecule has 0 saturated heterocycles. The van der Waals surface area contributed by atoms with Gasteiger partial charge in [0.25, 0.3) is 0 Å². The molecule has 0 aliphatic rings. The van der Waals surface area contributed by atoms with E-state index in [1.807, 2.05) is 49.4 Å². The van der Waals surface area contributed by atoms with E-state index < -0.39 is 16.1 Å². The van der Waals surface area contributed by atoms with Gasteiger partial charge in [-0.25, -0.2) is 8.42 Å². The van der Waals surface area contributed by atoms with Crippen LogP contribution < -0.4 is 9.62 Å². The van der Waals surface area contributed by atoms with Gasteiger partial charge < -0.3 is 10.2 Å². The third kappa shape index (κ3) is 9.54. The Morgan fingerprint density at radius 3 is 2.05 bits per heavy atom. The predicted octanol–water partition coefficient (Wildman–Crippen LogP) is 5.71. The minimum atomic E-state index is -3.59. The summed E-state index contributed by atoms with van der Waals surface area (Å²) in [5.74, 6) is -0.473. The van der Waals surface area contributed by atoms with E-state index in [0.29, 0.717) is 28.7 Å². The lowest BCUT2D eigenvalue weighted by molar-refractivity contribution is -0.141. The number of nitrogens with zero attached hydrogens (tertiary/aromatic N) is 2. The number of sulfonamides is 1. The van der Waals surface area contributed by atoms with Crippen LogP contribution in [-0.4, -0.2) is 50.5 Å². The first kappa shape index (κ1) is 31.5. The van der Waals surface area contributed by atoms with Crippen molar-refractivity contribution in [3.8, 4) is 0 Å². The fourth-order valence-corrected chi connectivity index (χ4v) is 5.54. The van der Waals surface area contributed by atoms with Gasteiger partial charge in [0.2, 0.25) is 21.8 Å². The average Bonchev–Trinajstić information content (AvgIpc) is 2.93. The summed E-state index contributed by atoms with van der Waals surface area (Å²) in [6, 6.07) is 22.5. The van der Waals surface area contributed by atoms with Crippen LogP contribution in [0.4, 0.5) is 5.69 Å². The minimum absolute atomic E-state index is 0.0551. The molecule has 0 fully saturated rings. The predicted molar refractivity (Wildman–Crippen MR) is 162 cm³/mol. The van der Waals surface area contributed by atoms with Crippen LogP contribution in [0.5, 0.6) is 0 Å². The second-order valence-corrected chi connectivity index (χ2v) is 12.3. The first-order valence-electron chi connectivity index (χ1n) is 13.2. The van der Waals surface area contributed by atoms with Crippen LogP contribution in [0.2, 0.25) is 10.0 Å². The summed E-state index contributed by atoms with van der Waals surface area (Å²) >= 11 is 12.0. The lowest BCUT2D eigenvalue weighted by Gasteiger charge is -2.32. The van der Waals surface area contributed by atoms with Crippen LogP contribution >= 0.6 is 23.2 Å². The van der Waals surface area contributed by atoms with Crippen LogP contribution in [0, 0.1) is 0 Å². The summed E-state index contributed by atoms with van der Waals surface area (Å²) in [5.41, 5.74) is 2.23. The lowest BCUT2D eigenvalue weighted by Crippen LogP contribution is -2.50. The van der Waals surface area contributed by atoms with Crippen molar-refractivity contribution in [1.82, 2.24) is 10.2 Å². The highest BCUT2D eigenvalue weighted by Gasteiger charge is 2.30. The zero-order valence-electron chi connectivity index (χ0n) is 22.7. The molecule has 2 amide bonds. The summed E-state index contributed by atoms with van der Waals surface area (Å²) in [6.07, 6.45) is 2.56. The fourth-order valence-electron chi connectivity index (χ4n) is 4.32. The van der Waals surface area contributed by atoms with Crippen molar-refractivity contribution < 1.29 is 18.0 Å². The normalized spacial score (nSPS) is 12.0. The van der Waals surface area contributed by atoms with Crippen molar-refractivity contribution in [2.75, 3.05) is 23.7 Å². The molecule has 0 bridgehead atoms. The van der Waals surface area contributed by atoms with Crippen molar-refractivity contribution in [1.29, 1.82) is 0 Å².